The van der Waals surface area contributed by atoms with Gasteiger partial charge in [-0.2, -0.15) is 0 Å². The van der Waals surface area contributed by atoms with E-state index in [1.54, 1.807) is 12.1 Å². The van der Waals surface area contributed by atoms with Gasteiger partial charge in [-0.25, -0.2) is 4.39 Å². The first-order chi connectivity index (χ1) is 10.1. The summed E-state index contributed by atoms with van der Waals surface area (Å²) in [5.41, 5.74) is 7.89. The van der Waals surface area contributed by atoms with Crippen LogP contribution < -0.4 is 10.6 Å². The second kappa shape index (κ2) is 7.23. The minimum absolute atomic E-state index is 0.0971. The van der Waals surface area contributed by atoms with Crippen molar-refractivity contribution in [2.45, 2.75) is 45.7 Å². The number of hydrogen-bond donors (Lipinski definition) is 1. The van der Waals surface area contributed by atoms with Gasteiger partial charge in [-0.15, -0.1) is 0 Å². The number of likely N-dealkylation sites (N-methyl/N-ethyl adjacent to an activating group) is 1. The first-order valence-electron chi connectivity index (χ1n) is 8.08. The van der Waals surface area contributed by atoms with Gasteiger partial charge in [0.15, 0.2) is 0 Å². The lowest BCUT2D eigenvalue weighted by atomic mass is 10.0. The van der Waals surface area contributed by atoms with Gasteiger partial charge in [-0.05, 0) is 37.9 Å². The fourth-order valence-corrected chi connectivity index (χ4v) is 3.17. The number of benzene rings is 1. The van der Waals surface area contributed by atoms with E-state index in [4.69, 9.17) is 5.73 Å². The van der Waals surface area contributed by atoms with E-state index in [9.17, 15) is 4.39 Å². The van der Waals surface area contributed by atoms with E-state index in [-0.39, 0.29) is 11.9 Å². The van der Waals surface area contributed by atoms with Gasteiger partial charge in [0.25, 0.3) is 0 Å². The zero-order chi connectivity index (χ0) is 15.4. The highest BCUT2D eigenvalue weighted by molar-refractivity contribution is 5.55. The van der Waals surface area contributed by atoms with Crippen molar-refractivity contribution in [3.8, 4) is 0 Å². The topological polar surface area (TPSA) is 32.5 Å². The Hall–Kier alpha value is -1.13. The predicted octanol–water partition coefficient (Wildman–Crippen LogP) is 2.64. The molecule has 1 aliphatic heterocycles. The number of anilines is 1. The summed E-state index contributed by atoms with van der Waals surface area (Å²) >= 11 is 0. The van der Waals surface area contributed by atoms with Crippen molar-refractivity contribution >= 4 is 5.69 Å². The molecule has 0 saturated carbocycles. The Morgan fingerprint density at radius 3 is 2.71 bits per heavy atom. The molecule has 3 nitrogen and oxygen atoms in total. The van der Waals surface area contributed by atoms with Crippen LogP contribution in [0.2, 0.25) is 0 Å². The minimum atomic E-state index is -0.118. The fourth-order valence-electron chi connectivity index (χ4n) is 3.17. The monoisotopic (exact) mass is 293 g/mol. The van der Waals surface area contributed by atoms with Crippen LogP contribution in [0.15, 0.2) is 18.2 Å². The highest BCUT2D eigenvalue weighted by Crippen LogP contribution is 2.28. The molecule has 4 heteroatoms. The summed E-state index contributed by atoms with van der Waals surface area (Å²) in [4.78, 5) is 4.64. The lowest BCUT2D eigenvalue weighted by Crippen LogP contribution is -2.52. The van der Waals surface area contributed by atoms with E-state index in [1.807, 2.05) is 6.07 Å². The number of nitrogens with two attached hydrogens (primary N) is 1. The third-order valence-corrected chi connectivity index (χ3v) is 4.56. The van der Waals surface area contributed by atoms with Crippen molar-refractivity contribution in [1.82, 2.24) is 4.90 Å². The molecule has 1 aliphatic rings. The molecule has 1 saturated heterocycles. The van der Waals surface area contributed by atoms with E-state index in [1.165, 1.54) is 0 Å². The van der Waals surface area contributed by atoms with Gasteiger partial charge in [-0.3, -0.25) is 4.90 Å². The molecule has 2 N–H and O–H groups in total. The summed E-state index contributed by atoms with van der Waals surface area (Å²) in [6.07, 6.45) is 1.65. The maximum atomic E-state index is 14.4. The average molecular weight is 293 g/mol. The summed E-state index contributed by atoms with van der Waals surface area (Å²) in [7, 11) is 0. The third kappa shape index (κ3) is 3.74. The molecule has 0 amide bonds. The van der Waals surface area contributed by atoms with E-state index in [0.29, 0.717) is 6.04 Å². The van der Waals surface area contributed by atoms with Gasteiger partial charge in [0.1, 0.15) is 5.82 Å². The lowest BCUT2D eigenvalue weighted by molar-refractivity contribution is 0.199. The number of nitrogens with zero attached hydrogens (tertiary/aromatic N) is 2. The molecule has 2 atom stereocenters. The van der Waals surface area contributed by atoms with Crippen LogP contribution in [0.4, 0.5) is 10.1 Å². The normalized spacial score (nSPS) is 21.6. The summed E-state index contributed by atoms with van der Waals surface area (Å²) in [5, 5.41) is 0. The number of piperazine rings is 1. The summed E-state index contributed by atoms with van der Waals surface area (Å²) in [5.74, 6) is -0.118. The molecule has 1 aromatic rings. The standard InChI is InChI=1S/C17H28FN3/c1-4-15(19)11-14-7-6-8-16(18)17(14)21-10-9-20(5-2)13(3)12-21/h6-8,13,15H,4-5,9-12,19H2,1-3H3. The van der Waals surface area contributed by atoms with Gasteiger partial charge in [0.2, 0.25) is 0 Å². The van der Waals surface area contributed by atoms with Crippen LogP contribution in [0.5, 0.6) is 0 Å². The van der Waals surface area contributed by atoms with Crippen molar-refractivity contribution < 1.29 is 4.39 Å². The van der Waals surface area contributed by atoms with E-state index < -0.39 is 0 Å². The Labute approximate surface area is 127 Å². The fraction of sp³-hybridized carbons (Fsp3) is 0.647. The number of hydrogen-bond acceptors (Lipinski definition) is 3. The third-order valence-electron chi connectivity index (χ3n) is 4.56. The summed E-state index contributed by atoms with van der Waals surface area (Å²) in [6.45, 7) is 10.3. The molecule has 21 heavy (non-hydrogen) atoms. The highest BCUT2D eigenvalue weighted by atomic mass is 19.1. The smallest absolute Gasteiger partial charge is 0.146 e. The molecule has 2 rings (SSSR count). The van der Waals surface area contributed by atoms with Crippen LogP contribution in [0.1, 0.15) is 32.8 Å². The lowest BCUT2D eigenvalue weighted by Gasteiger charge is -2.41. The van der Waals surface area contributed by atoms with Crippen molar-refractivity contribution in [1.29, 1.82) is 0 Å². The van der Waals surface area contributed by atoms with Gasteiger partial charge in [0, 0.05) is 31.7 Å². The average Bonchev–Trinajstić information content (AvgIpc) is 2.47. The van der Waals surface area contributed by atoms with Crippen LogP contribution >= 0.6 is 0 Å². The number of rotatable bonds is 5. The van der Waals surface area contributed by atoms with E-state index in [0.717, 1.165) is 50.3 Å². The molecule has 118 valence electrons. The Morgan fingerprint density at radius 1 is 1.33 bits per heavy atom. The van der Waals surface area contributed by atoms with Crippen molar-refractivity contribution in [2.75, 3.05) is 31.1 Å². The zero-order valence-corrected chi connectivity index (χ0v) is 13.5. The van der Waals surface area contributed by atoms with Gasteiger partial charge >= 0.3 is 0 Å². The Kier molecular flexibility index (Phi) is 5.59. The van der Waals surface area contributed by atoms with E-state index >= 15 is 0 Å². The molecule has 2 unspecified atom stereocenters. The molecule has 0 spiro atoms. The van der Waals surface area contributed by atoms with E-state index in [2.05, 4.69) is 30.6 Å². The first kappa shape index (κ1) is 16.2. The summed E-state index contributed by atoms with van der Waals surface area (Å²) < 4.78 is 14.4. The highest BCUT2D eigenvalue weighted by Gasteiger charge is 2.26. The number of para-hydroxylation sites is 1. The van der Waals surface area contributed by atoms with Crippen LogP contribution in [0, 0.1) is 5.82 Å². The first-order valence-corrected chi connectivity index (χ1v) is 8.08. The van der Waals surface area contributed by atoms with Gasteiger partial charge in [0.05, 0.1) is 5.69 Å². The molecule has 0 aliphatic carbocycles. The molecule has 0 bridgehead atoms. The van der Waals surface area contributed by atoms with Crippen LogP contribution in [0.3, 0.4) is 0 Å². The second-order valence-electron chi connectivity index (χ2n) is 6.04. The molecule has 1 fully saturated rings. The Bertz CT molecular complexity index is 463. The minimum Gasteiger partial charge on any atom is -0.366 e. The molecule has 1 heterocycles. The Balaban J connectivity index is 2.22. The van der Waals surface area contributed by atoms with Crippen molar-refractivity contribution in [3.63, 3.8) is 0 Å². The van der Waals surface area contributed by atoms with Gasteiger partial charge in [-0.1, -0.05) is 26.0 Å². The molecule has 1 aromatic carbocycles. The Morgan fingerprint density at radius 2 is 2.10 bits per heavy atom. The zero-order valence-electron chi connectivity index (χ0n) is 13.5. The molecule has 0 aromatic heterocycles. The number of halogens is 1. The molecular formula is C17H28FN3. The SMILES string of the molecule is CCC(N)Cc1cccc(F)c1N1CCN(CC)C(C)C1. The maximum Gasteiger partial charge on any atom is 0.146 e. The van der Waals surface area contributed by atoms with Crippen LogP contribution in [-0.2, 0) is 6.42 Å². The maximum absolute atomic E-state index is 14.4. The molecular weight excluding hydrogens is 265 g/mol. The van der Waals surface area contributed by atoms with Crippen LogP contribution in [-0.4, -0.2) is 43.2 Å². The second-order valence-corrected chi connectivity index (χ2v) is 6.04. The summed E-state index contributed by atoms with van der Waals surface area (Å²) in [6, 6.07) is 5.93. The predicted molar refractivity (Wildman–Crippen MR) is 87.3 cm³/mol. The van der Waals surface area contributed by atoms with Crippen molar-refractivity contribution in [2.24, 2.45) is 5.73 Å². The van der Waals surface area contributed by atoms with Crippen LogP contribution in [0.25, 0.3) is 0 Å². The van der Waals surface area contributed by atoms with Crippen molar-refractivity contribution in [3.05, 3.63) is 29.6 Å². The van der Waals surface area contributed by atoms with Gasteiger partial charge < -0.3 is 10.6 Å². The largest absolute Gasteiger partial charge is 0.366 e. The molecule has 0 radical (unpaired) electrons. The quantitative estimate of drug-likeness (QED) is 0.906.